The predicted molar refractivity (Wildman–Crippen MR) is 62.5 cm³/mol. The summed E-state index contributed by atoms with van der Waals surface area (Å²) in [4.78, 5) is 10.4. The second-order valence-electron chi connectivity index (χ2n) is 3.89. The SMILES string of the molecule is CCCCCCC(OCCCC)OC(=O)O. The largest absolute Gasteiger partial charge is 0.508 e. The Morgan fingerprint density at radius 3 is 2.38 bits per heavy atom. The Labute approximate surface area is 97.9 Å². The van der Waals surface area contributed by atoms with E-state index in [4.69, 9.17) is 9.84 Å². The highest BCUT2D eigenvalue weighted by Crippen LogP contribution is 2.10. The molecule has 0 bridgehead atoms. The Balaban J connectivity index is 3.67. The molecule has 16 heavy (non-hydrogen) atoms. The number of unbranched alkanes of at least 4 members (excludes halogenated alkanes) is 4. The highest BCUT2D eigenvalue weighted by atomic mass is 16.8. The van der Waals surface area contributed by atoms with E-state index in [0.717, 1.165) is 25.7 Å². The summed E-state index contributed by atoms with van der Waals surface area (Å²) in [5.41, 5.74) is 0. The monoisotopic (exact) mass is 232 g/mol. The summed E-state index contributed by atoms with van der Waals surface area (Å²) < 4.78 is 10.0. The molecule has 0 radical (unpaired) electrons. The summed E-state index contributed by atoms with van der Waals surface area (Å²) in [6.07, 6.45) is 5.21. The van der Waals surface area contributed by atoms with Crippen molar-refractivity contribution < 1.29 is 19.4 Å². The first kappa shape index (κ1) is 15.2. The fourth-order valence-corrected chi connectivity index (χ4v) is 1.39. The molecule has 1 atom stereocenters. The van der Waals surface area contributed by atoms with Gasteiger partial charge in [0.15, 0.2) is 0 Å². The van der Waals surface area contributed by atoms with Crippen molar-refractivity contribution in [3.8, 4) is 0 Å². The zero-order chi connectivity index (χ0) is 12.2. The van der Waals surface area contributed by atoms with E-state index in [-0.39, 0.29) is 0 Å². The van der Waals surface area contributed by atoms with Crippen molar-refractivity contribution in [3.63, 3.8) is 0 Å². The molecular formula is C12H24O4. The van der Waals surface area contributed by atoms with Crippen molar-refractivity contribution in [1.82, 2.24) is 0 Å². The fraction of sp³-hybridized carbons (Fsp3) is 0.917. The Kier molecular flexibility index (Phi) is 10.2. The van der Waals surface area contributed by atoms with E-state index in [0.29, 0.717) is 13.0 Å². The van der Waals surface area contributed by atoms with Crippen LogP contribution in [0.2, 0.25) is 0 Å². The van der Waals surface area contributed by atoms with Crippen LogP contribution in [-0.2, 0) is 9.47 Å². The molecule has 0 fully saturated rings. The quantitative estimate of drug-likeness (QED) is 0.353. The summed E-state index contributed by atoms with van der Waals surface area (Å²) in [5, 5.41) is 8.54. The first-order valence-electron chi connectivity index (χ1n) is 6.21. The van der Waals surface area contributed by atoms with Gasteiger partial charge in [0.1, 0.15) is 0 Å². The van der Waals surface area contributed by atoms with Crippen LogP contribution in [-0.4, -0.2) is 24.2 Å². The van der Waals surface area contributed by atoms with E-state index in [2.05, 4.69) is 18.6 Å². The average molecular weight is 232 g/mol. The van der Waals surface area contributed by atoms with Crippen molar-refractivity contribution in [2.45, 2.75) is 65.1 Å². The Hall–Kier alpha value is -0.770. The van der Waals surface area contributed by atoms with Crippen molar-refractivity contribution >= 4 is 6.16 Å². The number of carbonyl (C=O) groups is 1. The van der Waals surface area contributed by atoms with E-state index in [1.807, 2.05) is 0 Å². The van der Waals surface area contributed by atoms with Crippen LogP contribution in [0.1, 0.15) is 58.8 Å². The predicted octanol–water partition coefficient (Wildman–Crippen LogP) is 3.79. The summed E-state index contributed by atoms with van der Waals surface area (Å²) >= 11 is 0. The molecule has 0 saturated carbocycles. The molecule has 0 amide bonds. The van der Waals surface area contributed by atoms with Gasteiger partial charge >= 0.3 is 6.16 Å². The highest BCUT2D eigenvalue weighted by Gasteiger charge is 2.13. The summed E-state index contributed by atoms with van der Waals surface area (Å²) in [5.74, 6) is 0. The number of ether oxygens (including phenoxy) is 2. The number of rotatable bonds is 10. The lowest BCUT2D eigenvalue weighted by Gasteiger charge is -2.16. The van der Waals surface area contributed by atoms with Crippen molar-refractivity contribution in [2.75, 3.05) is 6.61 Å². The van der Waals surface area contributed by atoms with Crippen LogP contribution in [0.15, 0.2) is 0 Å². The molecule has 0 aromatic rings. The van der Waals surface area contributed by atoms with Crippen LogP contribution in [0.5, 0.6) is 0 Å². The zero-order valence-electron chi connectivity index (χ0n) is 10.4. The molecule has 4 nitrogen and oxygen atoms in total. The lowest BCUT2D eigenvalue weighted by Crippen LogP contribution is -2.21. The van der Waals surface area contributed by atoms with Gasteiger partial charge in [-0.05, 0) is 12.8 Å². The summed E-state index contributed by atoms with van der Waals surface area (Å²) in [7, 11) is 0. The minimum Gasteiger partial charge on any atom is -0.450 e. The minimum absolute atomic E-state index is 0.572. The standard InChI is InChI=1S/C12H24O4/c1-3-5-7-8-9-11(16-12(13)14)15-10-6-4-2/h11H,3-10H2,1-2H3,(H,13,14). The summed E-state index contributed by atoms with van der Waals surface area (Å²) in [6.45, 7) is 4.78. The molecule has 4 heteroatoms. The molecule has 0 rings (SSSR count). The van der Waals surface area contributed by atoms with Gasteiger partial charge in [-0.25, -0.2) is 4.79 Å². The second-order valence-corrected chi connectivity index (χ2v) is 3.89. The Morgan fingerprint density at radius 1 is 1.12 bits per heavy atom. The van der Waals surface area contributed by atoms with Gasteiger partial charge in [-0.3, -0.25) is 0 Å². The van der Waals surface area contributed by atoms with Gasteiger partial charge in [-0.2, -0.15) is 0 Å². The molecule has 0 aromatic heterocycles. The maximum Gasteiger partial charge on any atom is 0.508 e. The minimum atomic E-state index is -1.25. The molecule has 0 aliphatic heterocycles. The molecule has 0 saturated heterocycles. The molecule has 1 unspecified atom stereocenters. The highest BCUT2D eigenvalue weighted by molar-refractivity contribution is 5.56. The van der Waals surface area contributed by atoms with Crippen LogP contribution in [0.3, 0.4) is 0 Å². The van der Waals surface area contributed by atoms with Crippen LogP contribution in [0.25, 0.3) is 0 Å². The number of hydrogen-bond donors (Lipinski definition) is 1. The van der Waals surface area contributed by atoms with E-state index in [1.165, 1.54) is 12.8 Å². The third-order valence-corrected chi connectivity index (χ3v) is 2.33. The second kappa shape index (κ2) is 10.7. The fourth-order valence-electron chi connectivity index (χ4n) is 1.39. The van der Waals surface area contributed by atoms with Crippen LogP contribution < -0.4 is 0 Å². The smallest absolute Gasteiger partial charge is 0.450 e. The van der Waals surface area contributed by atoms with Gasteiger partial charge in [0.2, 0.25) is 6.29 Å². The lowest BCUT2D eigenvalue weighted by atomic mass is 10.1. The molecule has 1 N–H and O–H groups in total. The van der Waals surface area contributed by atoms with Gasteiger partial charge < -0.3 is 14.6 Å². The van der Waals surface area contributed by atoms with Gasteiger partial charge in [0.25, 0.3) is 0 Å². The Bertz CT molecular complexity index is 170. The topological polar surface area (TPSA) is 55.8 Å². The maximum atomic E-state index is 10.4. The Morgan fingerprint density at radius 2 is 1.81 bits per heavy atom. The molecule has 96 valence electrons. The van der Waals surface area contributed by atoms with E-state index in [1.54, 1.807) is 0 Å². The third kappa shape index (κ3) is 9.77. The van der Waals surface area contributed by atoms with E-state index < -0.39 is 12.4 Å². The molecule has 0 aromatic carbocycles. The first-order chi connectivity index (χ1) is 7.70. The van der Waals surface area contributed by atoms with Gasteiger partial charge in [0, 0.05) is 6.42 Å². The average Bonchev–Trinajstić information content (AvgIpc) is 2.23. The van der Waals surface area contributed by atoms with Crippen LogP contribution in [0.4, 0.5) is 4.79 Å². The van der Waals surface area contributed by atoms with Crippen LogP contribution >= 0.6 is 0 Å². The summed E-state index contributed by atoms with van der Waals surface area (Å²) in [6, 6.07) is 0. The van der Waals surface area contributed by atoms with Crippen LogP contribution in [0, 0.1) is 0 Å². The maximum absolute atomic E-state index is 10.4. The molecular weight excluding hydrogens is 208 g/mol. The number of hydrogen-bond acceptors (Lipinski definition) is 3. The van der Waals surface area contributed by atoms with Gasteiger partial charge in [0.05, 0.1) is 6.61 Å². The normalized spacial score (nSPS) is 12.4. The molecule has 0 aliphatic rings. The van der Waals surface area contributed by atoms with E-state index >= 15 is 0 Å². The van der Waals surface area contributed by atoms with Gasteiger partial charge in [-0.1, -0.05) is 39.5 Å². The van der Waals surface area contributed by atoms with Crippen molar-refractivity contribution in [2.24, 2.45) is 0 Å². The third-order valence-electron chi connectivity index (χ3n) is 2.33. The molecule has 0 spiro atoms. The van der Waals surface area contributed by atoms with E-state index in [9.17, 15) is 4.79 Å². The zero-order valence-corrected chi connectivity index (χ0v) is 10.4. The lowest BCUT2D eigenvalue weighted by molar-refractivity contribution is -0.121. The van der Waals surface area contributed by atoms with Gasteiger partial charge in [-0.15, -0.1) is 0 Å². The number of carboxylic acid groups (broad SMARTS) is 1. The van der Waals surface area contributed by atoms with Crippen molar-refractivity contribution in [1.29, 1.82) is 0 Å². The molecule has 0 heterocycles. The molecule has 0 aliphatic carbocycles. The van der Waals surface area contributed by atoms with Crippen molar-refractivity contribution in [3.05, 3.63) is 0 Å². The first-order valence-corrected chi connectivity index (χ1v) is 6.21.